The molecule has 1 aliphatic carbocycles. The Morgan fingerprint density at radius 2 is 2.00 bits per heavy atom. The first-order chi connectivity index (χ1) is 8.34. The molecule has 1 fully saturated rings. The largest absolute Gasteiger partial charge is 0.249 e. The molecule has 0 spiro atoms. The van der Waals surface area contributed by atoms with Crippen molar-refractivity contribution in [2.24, 2.45) is 4.99 Å². The fraction of sp³-hybridized carbons (Fsp3) is 0.357. The molecule has 0 radical (unpaired) electrons. The maximum atomic E-state index is 9.17. The van der Waals surface area contributed by atoms with Crippen LogP contribution >= 0.6 is 0 Å². The van der Waals surface area contributed by atoms with E-state index < -0.39 is 5.72 Å². The fourth-order valence-electron chi connectivity index (χ4n) is 2.62. The Balaban J connectivity index is 2.01. The molecule has 1 aromatic carbocycles. The third-order valence-corrected chi connectivity index (χ3v) is 3.55. The second-order valence-electron chi connectivity index (χ2n) is 4.62. The predicted molar refractivity (Wildman–Crippen MR) is 66.0 cm³/mol. The van der Waals surface area contributed by atoms with E-state index in [-0.39, 0.29) is 0 Å². The second kappa shape index (κ2) is 4.09. The van der Waals surface area contributed by atoms with Crippen molar-refractivity contribution >= 4 is 5.71 Å². The van der Waals surface area contributed by atoms with Crippen molar-refractivity contribution in [2.45, 2.75) is 31.4 Å². The van der Waals surface area contributed by atoms with Gasteiger partial charge in [0.25, 0.3) is 0 Å². The number of benzene rings is 1. The Hall–Kier alpha value is -1.45. The van der Waals surface area contributed by atoms with E-state index in [4.69, 9.17) is 10.1 Å². The van der Waals surface area contributed by atoms with E-state index in [0.29, 0.717) is 0 Å². The highest BCUT2D eigenvalue weighted by molar-refractivity contribution is 6.11. The molecule has 0 bridgehead atoms. The molecule has 0 amide bonds. The molecule has 3 nitrogen and oxygen atoms in total. The number of hydrogen-bond acceptors (Lipinski definition) is 3. The third kappa shape index (κ3) is 1.72. The summed E-state index contributed by atoms with van der Waals surface area (Å²) in [5, 5.41) is 9.17. The van der Waals surface area contributed by atoms with Gasteiger partial charge in [-0.1, -0.05) is 30.3 Å². The molecule has 17 heavy (non-hydrogen) atoms. The smallest absolute Gasteiger partial charge is 0.214 e. The van der Waals surface area contributed by atoms with Crippen molar-refractivity contribution in [3.05, 3.63) is 47.5 Å². The van der Waals surface area contributed by atoms with E-state index >= 15 is 0 Å². The van der Waals surface area contributed by atoms with Crippen LogP contribution in [-0.4, -0.2) is 16.7 Å². The van der Waals surface area contributed by atoms with Gasteiger partial charge in [-0.25, -0.2) is 15.1 Å². The minimum Gasteiger partial charge on any atom is -0.249 e. The highest BCUT2D eigenvalue weighted by Crippen LogP contribution is 2.41. The van der Waals surface area contributed by atoms with E-state index in [1.807, 2.05) is 30.3 Å². The van der Waals surface area contributed by atoms with Gasteiger partial charge in [0, 0.05) is 6.42 Å². The summed E-state index contributed by atoms with van der Waals surface area (Å²) >= 11 is 0. The summed E-state index contributed by atoms with van der Waals surface area (Å²) in [4.78, 5) is 9.28. The Morgan fingerprint density at radius 3 is 2.71 bits per heavy atom. The standard InChI is InChI=1S/C14H15NO2/c16-17-14-9-5-4-8-12(14)10-13(15-14)11-6-2-1-3-7-11/h1-3,6-7,10,16H,4-5,8-9H2. The van der Waals surface area contributed by atoms with Gasteiger partial charge < -0.3 is 0 Å². The molecule has 2 aliphatic rings. The molecule has 0 saturated heterocycles. The lowest BCUT2D eigenvalue weighted by atomic mass is 9.88. The maximum Gasteiger partial charge on any atom is 0.214 e. The van der Waals surface area contributed by atoms with Crippen LogP contribution in [0.15, 0.2) is 47.0 Å². The van der Waals surface area contributed by atoms with Crippen LogP contribution in [0.2, 0.25) is 0 Å². The molecule has 1 N–H and O–H groups in total. The Morgan fingerprint density at radius 1 is 1.18 bits per heavy atom. The molecule has 1 aromatic rings. The van der Waals surface area contributed by atoms with Crippen molar-refractivity contribution in [3.8, 4) is 0 Å². The van der Waals surface area contributed by atoms with Crippen molar-refractivity contribution in [1.29, 1.82) is 0 Å². The quantitative estimate of drug-likeness (QED) is 0.625. The van der Waals surface area contributed by atoms with E-state index in [0.717, 1.165) is 42.5 Å². The fourth-order valence-corrected chi connectivity index (χ4v) is 2.62. The maximum absolute atomic E-state index is 9.17. The molecule has 1 aliphatic heterocycles. The number of aliphatic imine (C=N–C) groups is 1. The van der Waals surface area contributed by atoms with E-state index in [1.165, 1.54) is 0 Å². The lowest BCUT2D eigenvalue weighted by Crippen LogP contribution is -2.32. The van der Waals surface area contributed by atoms with Crippen molar-refractivity contribution in [2.75, 3.05) is 0 Å². The molecule has 1 saturated carbocycles. The highest BCUT2D eigenvalue weighted by atomic mass is 17.1. The van der Waals surface area contributed by atoms with Crippen LogP contribution in [-0.2, 0) is 4.89 Å². The van der Waals surface area contributed by atoms with Gasteiger partial charge in [-0.15, -0.1) is 0 Å². The van der Waals surface area contributed by atoms with Crippen molar-refractivity contribution in [3.63, 3.8) is 0 Å². The molecule has 1 atom stereocenters. The van der Waals surface area contributed by atoms with Crippen LogP contribution in [0.1, 0.15) is 31.2 Å². The zero-order valence-corrected chi connectivity index (χ0v) is 9.60. The zero-order chi connectivity index (χ0) is 11.7. The van der Waals surface area contributed by atoms with Gasteiger partial charge in [0.05, 0.1) is 5.71 Å². The summed E-state index contributed by atoms with van der Waals surface area (Å²) in [6.45, 7) is 0. The van der Waals surface area contributed by atoms with Crippen LogP contribution in [0.5, 0.6) is 0 Å². The topological polar surface area (TPSA) is 41.8 Å². The monoisotopic (exact) mass is 229 g/mol. The number of hydrogen-bond donors (Lipinski definition) is 1. The SMILES string of the molecule is OOC12CCCCC1=CC(c1ccccc1)=N2. The number of rotatable bonds is 2. The molecule has 1 heterocycles. The lowest BCUT2D eigenvalue weighted by Gasteiger charge is -2.29. The van der Waals surface area contributed by atoms with E-state index in [9.17, 15) is 0 Å². The first-order valence-corrected chi connectivity index (χ1v) is 6.03. The van der Waals surface area contributed by atoms with Gasteiger partial charge in [-0.2, -0.15) is 0 Å². The highest BCUT2D eigenvalue weighted by Gasteiger charge is 2.41. The minimum absolute atomic E-state index is 0.770. The molecular formula is C14H15NO2. The van der Waals surface area contributed by atoms with Crippen LogP contribution in [0, 0.1) is 0 Å². The summed E-state index contributed by atoms with van der Waals surface area (Å²) in [5.41, 5.74) is 2.30. The van der Waals surface area contributed by atoms with Gasteiger partial charge in [0.2, 0.25) is 5.72 Å². The number of allylic oxidation sites excluding steroid dienone is 1. The summed E-state index contributed by atoms with van der Waals surface area (Å²) in [6.07, 6.45) is 5.98. The lowest BCUT2D eigenvalue weighted by molar-refractivity contribution is -0.312. The van der Waals surface area contributed by atoms with Gasteiger partial charge in [-0.3, -0.25) is 0 Å². The normalized spacial score (nSPS) is 27.4. The molecule has 3 rings (SSSR count). The van der Waals surface area contributed by atoms with Gasteiger partial charge in [-0.05, 0) is 36.5 Å². The minimum atomic E-state index is -0.788. The summed E-state index contributed by atoms with van der Waals surface area (Å²) in [6, 6.07) is 10.0. The summed E-state index contributed by atoms with van der Waals surface area (Å²) in [7, 11) is 0. The van der Waals surface area contributed by atoms with Gasteiger partial charge in [0.15, 0.2) is 0 Å². The summed E-state index contributed by atoms with van der Waals surface area (Å²) < 4.78 is 0. The molecular weight excluding hydrogens is 214 g/mol. The summed E-state index contributed by atoms with van der Waals surface area (Å²) in [5.74, 6) is 0. The molecule has 88 valence electrons. The number of nitrogens with zero attached hydrogens (tertiary/aromatic N) is 1. The predicted octanol–water partition coefficient (Wildman–Crippen LogP) is 3.18. The van der Waals surface area contributed by atoms with E-state index in [2.05, 4.69) is 11.1 Å². The average molecular weight is 229 g/mol. The Labute approximate surface area is 100 Å². The molecule has 1 unspecified atom stereocenters. The molecule has 0 aromatic heterocycles. The van der Waals surface area contributed by atoms with Crippen LogP contribution in [0.4, 0.5) is 0 Å². The van der Waals surface area contributed by atoms with Crippen LogP contribution in [0.25, 0.3) is 0 Å². The Bertz CT molecular complexity index is 478. The second-order valence-corrected chi connectivity index (χ2v) is 4.62. The zero-order valence-electron chi connectivity index (χ0n) is 9.60. The third-order valence-electron chi connectivity index (χ3n) is 3.55. The van der Waals surface area contributed by atoms with Crippen molar-refractivity contribution < 1.29 is 10.1 Å². The van der Waals surface area contributed by atoms with Crippen molar-refractivity contribution in [1.82, 2.24) is 0 Å². The number of fused-ring (bicyclic) bond motifs is 1. The van der Waals surface area contributed by atoms with Gasteiger partial charge in [0.1, 0.15) is 0 Å². The molecule has 3 heteroatoms. The van der Waals surface area contributed by atoms with E-state index in [1.54, 1.807) is 0 Å². The van der Waals surface area contributed by atoms with Crippen LogP contribution < -0.4 is 0 Å². The first kappa shape index (κ1) is 10.7. The van der Waals surface area contributed by atoms with Crippen LogP contribution in [0.3, 0.4) is 0 Å². The Kier molecular flexibility index (Phi) is 2.57. The average Bonchev–Trinajstić information content (AvgIpc) is 2.80. The first-order valence-electron chi connectivity index (χ1n) is 6.03. The van der Waals surface area contributed by atoms with Gasteiger partial charge >= 0.3 is 0 Å².